The van der Waals surface area contributed by atoms with Crippen LogP contribution >= 0.6 is 0 Å². The van der Waals surface area contributed by atoms with Gasteiger partial charge in [-0.1, -0.05) is 0 Å². The molecule has 0 saturated heterocycles. The Kier molecular flexibility index (Phi) is 3.86. The van der Waals surface area contributed by atoms with Gasteiger partial charge in [0.1, 0.15) is 0 Å². The van der Waals surface area contributed by atoms with E-state index in [1.54, 1.807) is 6.20 Å². The third-order valence-corrected chi connectivity index (χ3v) is 1.09. The van der Waals surface area contributed by atoms with Gasteiger partial charge in [-0.2, -0.15) is 10.5 Å². The van der Waals surface area contributed by atoms with Crippen molar-refractivity contribution in [3.05, 3.63) is 11.8 Å². The molecule has 0 aliphatic heterocycles. The average Bonchev–Trinajstić information content (AvgIpc) is 1.96. The zero-order valence-electron chi connectivity index (χ0n) is 7.68. The smallest absolute Gasteiger partial charge is 0.0973 e. The van der Waals surface area contributed by atoms with Crippen LogP contribution in [0.2, 0.25) is 0 Å². The van der Waals surface area contributed by atoms with Gasteiger partial charge in [0.25, 0.3) is 0 Å². The predicted octanol–water partition coefficient (Wildman–Crippen LogP) is 1.70. The number of hydrogen-bond acceptors (Lipinski definition) is 3. The van der Waals surface area contributed by atoms with Crippen molar-refractivity contribution in [1.82, 2.24) is 5.32 Å². The molecule has 64 valence electrons. The summed E-state index contributed by atoms with van der Waals surface area (Å²) in [5.74, 6) is 0. The van der Waals surface area contributed by atoms with Crippen LogP contribution in [0.25, 0.3) is 0 Å². The van der Waals surface area contributed by atoms with Gasteiger partial charge in [-0.05, 0) is 20.8 Å². The van der Waals surface area contributed by atoms with E-state index in [0.717, 1.165) is 0 Å². The van der Waals surface area contributed by atoms with Gasteiger partial charge in [0.05, 0.1) is 24.1 Å². The van der Waals surface area contributed by atoms with E-state index in [1.807, 2.05) is 32.9 Å². The van der Waals surface area contributed by atoms with Crippen LogP contribution in [0, 0.1) is 22.7 Å². The van der Waals surface area contributed by atoms with Crippen LogP contribution < -0.4 is 5.32 Å². The van der Waals surface area contributed by atoms with E-state index in [4.69, 9.17) is 10.5 Å². The molecule has 0 bridgehead atoms. The summed E-state index contributed by atoms with van der Waals surface area (Å²) in [7, 11) is 0. The lowest BCUT2D eigenvalue weighted by molar-refractivity contribution is 0.490. The molecule has 12 heavy (non-hydrogen) atoms. The molecule has 0 fully saturated rings. The van der Waals surface area contributed by atoms with Gasteiger partial charge in [0.15, 0.2) is 0 Å². The number of hydrogen-bond donors (Lipinski definition) is 1. The van der Waals surface area contributed by atoms with Crippen LogP contribution in [0.4, 0.5) is 0 Å². The van der Waals surface area contributed by atoms with Gasteiger partial charge in [0, 0.05) is 11.7 Å². The summed E-state index contributed by atoms with van der Waals surface area (Å²) >= 11 is 0. The van der Waals surface area contributed by atoms with Crippen molar-refractivity contribution in [3.8, 4) is 12.1 Å². The molecule has 0 aliphatic carbocycles. The Morgan fingerprint density at radius 2 is 2.00 bits per heavy atom. The van der Waals surface area contributed by atoms with Gasteiger partial charge in [-0.3, -0.25) is 0 Å². The maximum Gasteiger partial charge on any atom is 0.0973 e. The van der Waals surface area contributed by atoms with Gasteiger partial charge in [0.2, 0.25) is 0 Å². The quantitative estimate of drug-likeness (QED) is 0.630. The first-order valence-electron chi connectivity index (χ1n) is 3.73. The highest BCUT2D eigenvalue weighted by Gasteiger charge is 2.06. The maximum absolute atomic E-state index is 8.54. The summed E-state index contributed by atoms with van der Waals surface area (Å²) in [6, 6.07) is 3.88. The SMILES string of the molecule is CC(C)(C)N/C=C(\C#N)CC#N. The van der Waals surface area contributed by atoms with E-state index < -0.39 is 0 Å². The third-order valence-electron chi connectivity index (χ3n) is 1.09. The predicted molar refractivity (Wildman–Crippen MR) is 46.8 cm³/mol. The lowest BCUT2D eigenvalue weighted by atomic mass is 10.1. The second-order valence-electron chi connectivity index (χ2n) is 3.51. The first-order valence-corrected chi connectivity index (χ1v) is 3.73. The minimum Gasteiger partial charge on any atom is -0.385 e. The summed E-state index contributed by atoms with van der Waals surface area (Å²) in [6.45, 7) is 5.97. The Hall–Kier alpha value is -1.48. The summed E-state index contributed by atoms with van der Waals surface area (Å²) in [5.41, 5.74) is 0.407. The summed E-state index contributed by atoms with van der Waals surface area (Å²) in [4.78, 5) is 0. The van der Waals surface area contributed by atoms with Gasteiger partial charge >= 0.3 is 0 Å². The van der Waals surface area contributed by atoms with Crippen molar-refractivity contribution >= 4 is 0 Å². The van der Waals surface area contributed by atoms with E-state index >= 15 is 0 Å². The fourth-order valence-electron chi connectivity index (χ4n) is 0.512. The highest BCUT2D eigenvalue weighted by molar-refractivity contribution is 5.23. The van der Waals surface area contributed by atoms with Crippen molar-refractivity contribution in [1.29, 1.82) is 10.5 Å². The minimum atomic E-state index is -0.0580. The van der Waals surface area contributed by atoms with Crippen LogP contribution in [-0.2, 0) is 0 Å². The Morgan fingerprint density at radius 3 is 2.33 bits per heavy atom. The first kappa shape index (κ1) is 10.5. The van der Waals surface area contributed by atoms with E-state index in [1.165, 1.54) is 0 Å². The topological polar surface area (TPSA) is 59.6 Å². The highest BCUT2D eigenvalue weighted by Crippen LogP contribution is 2.01. The number of nitrogens with zero attached hydrogens (tertiary/aromatic N) is 2. The van der Waals surface area contributed by atoms with Gasteiger partial charge in [-0.15, -0.1) is 0 Å². The van der Waals surface area contributed by atoms with E-state index in [9.17, 15) is 0 Å². The standard InChI is InChI=1S/C9H13N3/c1-9(2,3)12-7-8(6-11)4-5-10/h7,12H,4H2,1-3H3/b8-7-. The molecule has 3 nitrogen and oxygen atoms in total. The molecule has 0 unspecified atom stereocenters. The normalized spacial score (nSPS) is 11.6. The Balaban J connectivity index is 4.17. The molecular weight excluding hydrogens is 150 g/mol. The molecule has 0 aliphatic rings. The van der Waals surface area contributed by atoms with Crippen LogP contribution in [0.15, 0.2) is 11.8 Å². The average molecular weight is 163 g/mol. The van der Waals surface area contributed by atoms with Crippen molar-refractivity contribution in [2.75, 3.05) is 0 Å². The van der Waals surface area contributed by atoms with E-state index in [2.05, 4.69) is 5.32 Å². The molecule has 0 aromatic carbocycles. The fourth-order valence-corrected chi connectivity index (χ4v) is 0.512. The largest absolute Gasteiger partial charge is 0.385 e. The molecule has 0 amide bonds. The molecule has 0 radical (unpaired) electrons. The molecule has 0 atom stereocenters. The Bertz CT molecular complexity index is 244. The zero-order valence-corrected chi connectivity index (χ0v) is 7.68. The van der Waals surface area contributed by atoms with E-state index in [-0.39, 0.29) is 12.0 Å². The number of allylic oxidation sites excluding steroid dienone is 1. The summed E-state index contributed by atoms with van der Waals surface area (Å²) in [6.07, 6.45) is 1.77. The molecule has 0 aromatic rings. The fraction of sp³-hybridized carbons (Fsp3) is 0.556. The molecule has 1 N–H and O–H groups in total. The summed E-state index contributed by atoms with van der Waals surface area (Å²) in [5, 5.41) is 19.9. The maximum atomic E-state index is 8.54. The minimum absolute atomic E-state index is 0.0580. The Morgan fingerprint density at radius 1 is 1.42 bits per heavy atom. The molecule has 0 saturated carbocycles. The lowest BCUT2D eigenvalue weighted by Gasteiger charge is -2.18. The first-order chi connectivity index (χ1) is 5.49. The zero-order chi connectivity index (χ0) is 9.61. The summed E-state index contributed by atoms with van der Waals surface area (Å²) < 4.78 is 0. The van der Waals surface area contributed by atoms with Crippen LogP contribution in [0.1, 0.15) is 27.2 Å². The molecule has 0 aromatic heterocycles. The molecular formula is C9H13N3. The third kappa shape index (κ3) is 5.32. The lowest BCUT2D eigenvalue weighted by Crippen LogP contribution is -2.31. The second-order valence-corrected chi connectivity index (χ2v) is 3.51. The Labute approximate surface area is 73.3 Å². The molecule has 0 rings (SSSR count). The van der Waals surface area contributed by atoms with Gasteiger partial charge in [-0.25, -0.2) is 0 Å². The number of nitriles is 2. The number of nitrogens with one attached hydrogen (secondary N) is 1. The van der Waals surface area contributed by atoms with Crippen molar-refractivity contribution in [3.63, 3.8) is 0 Å². The van der Waals surface area contributed by atoms with Crippen LogP contribution in [0.3, 0.4) is 0 Å². The van der Waals surface area contributed by atoms with Crippen molar-refractivity contribution < 1.29 is 0 Å². The molecule has 3 heteroatoms. The van der Waals surface area contributed by atoms with E-state index in [0.29, 0.717) is 5.57 Å². The van der Waals surface area contributed by atoms with Crippen molar-refractivity contribution in [2.45, 2.75) is 32.7 Å². The molecule has 0 spiro atoms. The van der Waals surface area contributed by atoms with Crippen molar-refractivity contribution in [2.24, 2.45) is 0 Å². The highest BCUT2D eigenvalue weighted by atomic mass is 14.9. The van der Waals surface area contributed by atoms with Crippen LogP contribution in [0.5, 0.6) is 0 Å². The molecule has 0 heterocycles. The number of rotatable bonds is 2. The van der Waals surface area contributed by atoms with Crippen LogP contribution in [-0.4, -0.2) is 5.54 Å². The van der Waals surface area contributed by atoms with Gasteiger partial charge < -0.3 is 5.32 Å². The monoisotopic (exact) mass is 163 g/mol. The second kappa shape index (κ2) is 4.41.